The average Bonchev–Trinajstić information content (AvgIpc) is 2.76. The Morgan fingerprint density at radius 1 is 1.13 bits per heavy atom. The third-order valence-electron chi connectivity index (χ3n) is 6.25. The first-order chi connectivity index (χ1) is 14.5. The molecule has 1 fully saturated rings. The van der Waals surface area contributed by atoms with E-state index in [4.69, 9.17) is 14.2 Å². The molecular formula is C24H31NO5. The summed E-state index contributed by atoms with van der Waals surface area (Å²) in [6.07, 6.45) is 1.16. The zero-order valence-corrected chi connectivity index (χ0v) is 17.7. The van der Waals surface area contributed by atoms with Crippen LogP contribution in [0.3, 0.4) is 0 Å². The molecule has 0 unspecified atom stereocenters. The first-order valence-corrected chi connectivity index (χ1v) is 10.7. The number of rotatable bonds is 6. The number of hydrogen-bond acceptors (Lipinski definition) is 6. The van der Waals surface area contributed by atoms with Gasteiger partial charge in [0.05, 0.1) is 25.9 Å². The minimum atomic E-state index is -0.544. The second-order valence-corrected chi connectivity index (χ2v) is 8.23. The van der Waals surface area contributed by atoms with Crippen molar-refractivity contribution in [3.63, 3.8) is 0 Å². The summed E-state index contributed by atoms with van der Waals surface area (Å²) in [6.45, 7) is 4.80. The number of piperidine rings is 1. The maximum Gasteiger partial charge on any atom is 0.129 e. The van der Waals surface area contributed by atoms with Gasteiger partial charge in [0.15, 0.2) is 0 Å². The van der Waals surface area contributed by atoms with E-state index in [0.717, 1.165) is 54.3 Å². The summed E-state index contributed by atoms with van der Waals surface area (Å²) in [5, 5.41) is 21.3. The molecule has 2 aromatic carbocycles. The molecule has 0 saturated carbocycles. The molecule has 2 aliphatic rings. The lowest BCUT2D eigenvalue weighted by molar-refractivity contribution is -0.0588. The molecule has 2 N–H and O–H groups in total. The van der Waals surface area contributed by atoms with E-state index >= 15 is 0 Å². The van der Waals surface area contributed by atoms with Crippen molar-refractivity contribution in [2.75, 3.05) is 33.4 Å². The lowest BCUT2D eigenvalue weighted by Crippen LogP contribution is -2.51. The quantitative estimate of drug-likeness (QED) is 0.756. The van der Waals surface area contributed by atoms with Gasteiger partial charge in [-0.25, -0.2) is 0 Å². The van der Waals surface area contributed by atoms with Crippen molar-refractivity contribution in [2.45, 2.75) is 44.0 Å². The van der Waals surface area contributed by atoms with Gasteiger partial charge in [0, 0.05) is 37.7 Å². The fourth-order valence-corrected chi connectivity index (χ4v) is 4.49. The van der Waals surface area contributed by atoms with Crippen molar-refractivity contribution in [2.24, 2.45) is 0 Å². The Hall–Kier alpha value is -2.28. The first-order valence-electron chi connectivity index (χ1n) is 10.7. The van der Waals surface area contributed by atoms with Crippen LogP contribution in [0.4, 0.5) is 0 Å². The summed E-state index contributed by atoms with van der Waals surface area (Å²) in [6, 6.07) is 13.2. The molecule has 4 rings (SSSR count). The van der Waals surface area contributed by atoms with E-state index in [1.54, 1.807) is 7.11 Å². The van der Waals surface area contributed by atoms with Gasteiger partial charge in [0.2, 0.25) is 0 Å². The number of fused-ring (bicyclic) bond motifs is 1. The van der Waals surface area contributed by atoms with Crippen LogP contribution in [-0.4, -0.2) is 54.1 Å². The highest BCUT2D eigenvalue weighted by atomic mass is 16.5. The molecule has 2 aromatic rings. The number of ether oxygens (including phenoxy) is 3. The van der Waals surface area contributed by atoms with Crippen molar-refractivity contribution in [1.82, 2.24) is 4.90 Å². The van der Waals surface area contributed by atoms with Crippen molar-refractivity contribution in [3.05, 3.63) is 53.6 Å². The number of benzene rings is 2. The van der Waals surface area contributed by atoms with Crippen molar-refractivity contribution < 1.29 is 24.4 Å². The van der Waals surface area contributed by atoms with Crippen molar-refractivity contribution in [1.29, 1.82) is 0 Å². The predicted molar refractivity (Wildman–Crippen MR) is 114 cm³/mol. The van der Waals surface area contributed by atoms with Crippen LogP contribution in [0.5, 0.6) is 17.2 Å². The fourth-order valence-electron chi connectivity index (χ4n) is 4.49. The van der Waals surface area contributed by atoms with E-state index in [0.29, 0.717) is 19.6 Å². The summed E-state index contributed by atoms with van der Waals surface area (Å²) in [7, 11) is 1.63. The van der Waals surface area contributed by atoms with E-state index < -0.39 is 12.2 Å². The summed E-state index contributed by atoms with van der Waals surface area (Å²) >= 11 is 0. The topological polar surface area (TPSA) is 71.4 Å². The SMILES string of the molecule is CCOc1ccc([C@H](O)CN2CCC3(CC2)C[C@H](O)c2ccc(OC)cc2O3)cc1. The normalized spacial score (nSPS) is 21.5. The standard InChI is InChI=1S/C24H31NO5/c1-3-29-18-6-4-17(5-7-18)22(27)16-25-12-10-24(11-13-25)15-21(26)20-9-8-19(28-2)14-23(20)30-24/h4-9,14,21-22,26-27H,3,10-13,15-16H2,1-2H3/t21-,22+/m0/s1. The van der Waals surface area contributed by atoms with Crippen LogP contribution in [-0.2, 0) is 0 Å². The average molecular weight is 414 g/mol. The Kier molecular flexibility index (Phi) is 6.18. The third kappa shape index (κ3) is 4.41. The molecule has 30 heavy (non-hydrogen) atoms. The Balaban J connectivity index is 1.36. The molecule has 2 atom stereocenters. The molecule has 2 aliphatic heterocycles. The summed E-state index contributed by atoms with van der Waals surface area (Å²) < 4.78 is 17.2. The maximum atomic E-state index is 10.7. The number of hydrogen-bond donors (Lipinski definition) is 2. The molecule has 6 heteroatoms. The van der Waals surface area contributed by atoms with Gasteiger partial charge in [0.1, 0.15) is 22.8 Å². The number of methoxy groups -OCH3 is 1. The molecular weight excluding hydrogens is 382 g/mol. The van der Waals surface area contributed by atoms with E-state index in [9.17, 15) is 10.2 Å². The number of aliphatic hydroxyl groups excluding tert-OH is 2. The minimum absolute atomic E-state index is 0.362. The highest BCUT2D eigenvalue weighted by Gasteiger charge is 2.43. The second kappa shape index (κ2) is 8.84. The van der Waals surface area contributed by atoms with Gasteiger partial charge in [-0.2, -0.15) is 0 Å². The molecule has 0 bridgehead atoms. The largest absolute Gasteiger partial charge is 0.497 e. The maximum absolute atomic E-state index is 10.7. The Morgan fingerprint density at radius 3 is 2.50 bits per heavy atom. The molecule has 162 valence electrons. The molecule has 0 radical (unpaired) electrons. The van der Waals surface area contributed by atoms with Gasteiger partial charge in [-0.3, -0.25) is 0 Å². The number of nitrogens with zero attached hydrogens (tertiary/aromatic N) is 1. The molecule has 0 aliphatic carbocycles. The zero-order chi connectivity index (χ0) is 21.1. The van der Waals surface area contributed by atoms with Gasteiger partial charge < -0.3 is 29.3 Å². The lowest BCUT2D eigenvalue weighted by atomic mass is 9.81. The van der Waals surface area contributed by atoms with Gasteiger partial charge in [0.25, 0.3) is 0 Å². The third-order valence-corrected chi connectivity index (χ3v) is 6.25. The number of aliphatic hydroxyl groups is 2. The van der Waals surface area contributed by atoms with E-state index in [1.165, 1.54) is 0 Å². The van der Waals surface area contributed by atoms with Gasteiger partial charge in [-0.1, -0.05) is 12.1 Å². The smallest absolute Gasteiger partial charge is 0.129 e. The van der Waals surface area contributed by atoms with Crippen LogP contribution in [0.1, 0.15) is 49.5 Å². The second-order valence-electron chi connectivity index (χ2n) is 8.23. The van der Waals surface area contributed by atoms with Crippen molar-refractivity contribution in [3.8, 4) is 17.2 Å². The highest BCUT2D eigenvalue weighted by Crippen LogP contribution is 2.45. The van der Waals surface area contributed by atoms with Crippen molar-refractivity contribution >= 4 is 0 Å². The highest BCUT2D eigenvalue weighted by molar-refractivity contribution is 5.44. The monoisotopic (exact) mass is 413 g/mol. The minimum Gasteiger partial charge on any atom is -0.497 e. The summed E-state index contributed by atoms with van der Waals surface area (Å²) in [5.74, 6) is 2.27. The van der Waals surface area contributed by atoms with Crippen LogP contribution in [0.15, 0.2) is 42.5 Å². The molecule has 6 nitrogen and oxygen atoms in total. The van der Waals surface area contributed by atoms with Crippen LogP contribution < -0.4 is 14.2 Å². The first kappa shape index (κ1) is 21.0. The molecule has 2 heterocycles. The Morgan fingerprint density at radius 2 is 1.83 bits per heavy atom. The van der Waals surface area contributed by atoms with Gasteiger partial charge in [-0.15, -0.1) is 0 Å². The van der Waals surface area contributed by atoms with Gasteiger partial charge in [-0.05, 0) is 49.6 Å². The molecule has 1 spiro atoms. The van der Waals surface area contributed by atoms with Crippen LogP contribution in [0, 0.1) is 0 Å². The van der Waals surface area contributed by atoms with Gasteiger partial charge >= 0.3 is 0 Å². The Bertz CT molecular complexity index is 845. The number of likely N-dealkylation sites (tertiary alicyclic amines) is 1. The summed E-state index contributed by atoms with van der Waals surface area (Å²) in [5.41, 5.74) is 1.36. The lowest BCUT2D eigenvalue weighted by Gasteiger charge is -2.46. The van der Waals surface area contributed by atoms with E-state index in [-0.39, 0.29) is 5.60 Å². The van der Waals surface area contributed by atoms with E-state index in [2.05, 4.69) is 4.90 Å². The predicted octanol–water partition coefficient (Wildman–Crippen LogP) is 3.48. The molecule has 0 aromatic heterocycles. The summed E-state index contributed by atoms with van der Waals surface area (Å²) in [4.78, 5) is 2.27. The molecule has 1 saturated heterocycles. The van der Waals surface area contributed by atoms with Crippen LogP contribution in [0.25, 0.3) is 0 Å². The Labute approximate surface area is 178 Å². The molecule has 0 amide bonds. The number of β-amino-alcohol motifs (C(OH)–C–C–N with tert-alkyl or cyclic N) is 1. The van der Waals surface area contributed by atoms with Crippen LogP contribution in [0.2, 0.25) is 0 Å². The fraction of sp³-hybridized carbons (Fsp3) is 0.500. The zero-order valence-electron chi connectivity index (χ0n) is 17.7. The van der Waals surface area contributed by atoms with E-state index in [1.807, 2.05) is 49.4 Å². The van der Waals surface area contributed by atoms with Crippen LogP contribution >= 0.6 is 0 Å².